The van der Waals surface area contributed by atoms with Gasteiger partial charge in [0.2, 0.25) is 0 Å². The molecule has 0 aliphatic carbocycles. The van der Waals surface area contributed by atoms with E-state index in [0.29, 0.717) is 24.4 Å². The summed E-state index contributed by atoms with van der Waals surface area (Å²) >= 11 is 0. The lowest BCUT2D eigenvalue weighted by molar-refractivity contribution is -0.114. The van der Waals surface area contributed by atoms with E-state index in [-0.39, 0.29) is 5.91 Å². The molecule has 2 aromatic carbocycles. The van der Waals surface area contributed by atoms with Crippen molar-refractivity contribution < 1.29 is 9.53 Å². The molecule has 2 aliphatic heterocycles. The number of anilines is 1. The number of carbonyl (C=O) groups excluding carboxylic acids is 1. The lowest BCUT2D eigenvalue weighted by Crippen LogP contribution is -2.24. The summed E-state index contributed by atoms with van der Waals surface area (Å²) in [5.74, 6) is 0.455. The first-order valence-corrected chi connectivity index (χ1v) is 7.90. The fourth-order valence-corrected chi connectivity index (χ4v) is 2.81. The molecule has 2 aromatic rings. The van der Waals surface area contributed by atoms with E-state index in [4.69, 9.17) is 4.74 Å². The summed E-state index contributed by atoms with van der Waals surface area (Å²) in [6.45, 7) is 0.534. The quantitative estimate of drug-likeness (QED) is 0.865. The minimum Gasteiger partial charge on any atom is -0.492 e. The number of ether oxygens (including phenoxy) is 1. The Balaban J connectivity index is 1.69. The molecular weight excluding hydrogens is 300 g/mol. The van der Waals surface area contributed by atoms with Gasteiger partial charge in [0, 0.05) is 6.42 Å². The highest BCUT2D eigenvalue weighted by Gasteiger charge is 2.35. The predicted octanol–water partition coefficient (Wildman–Crippen LogP) is 3.78. The van der Waals surface area contributed by atoms with E-state index < -0.39 is 0 Å². The molecule has 0 saturated heterocycles. The van der Waals surface area contributed by atoms with Gasteiger partial charge in [0.05, 0.1) is 18.0 Å². The third kappa shape index (κ3) is 2.63. The van der Waals surface area contributed by atoms with Gasteiger partial charge in [0.1, 0.15) is 11.3 Å². The molecule has 0 N–H and O–H groups in total. The van der Waals surface area contributed by atoms with E-state index in [0.717, 1.165) is 17.0 Å². The van der Waals surface area contributed by atoms with Gasteiger partial charge < -0.3 is 4.74 Å². The van der Waals surface area contributed by atoms with E-state index in [1.54, 1.807) is 0 Å². The largest absolute Gasteiger partial charge is 0.492 e. The highest BCUT2D eigenvalue weighted by atomic mass is 16.5. The SMILES string of the molecule is O=C1C2=C(/C=C/c3ccccc3)OCCC2=NN1c1ccccc1. The van der Waals surface area contributed by atoms with Crippen molar-refractivity contribution in [1.29, 1.82) is 0 Å². The van der Waals surface area contributed by atoms with Crippen molar-refractivity contribution >= 4 is 23.4 Å². The lowest BCUT2D eigenvalue weighted by Gasteiger charge is -2.16. The third-order valence-electron chi connectivity index (χ3n) is 3.99. The molecule has 0 spiro atoms. The van der Waals surface area contributed by atoms with Gasteiger partial charge in [0.25, 0.3) is 5.91 Å². The van der Waals surface area contributed by atoms with Crippen LogP contribution in [0, 0.1) is 0 Å². The van der Waals surface area contributed by atoms with Crippen molar-refractivity contribution in [2.75, 3.05) is 11.6 Å². The highest BCUT2D eigenvalue weighted by Crippen LogP contribution is 2.30. The number of allylic oxidation sites excluding steroid dienone is 1. The van der Waals surface area contributed by atoms with Crippen LogP contribution in [-0.4, -0.2) is 18.2 Å². The zero-order valence-electron chi connectivity index (χ0n) is 13.1. The van der Waals surface area contributed by atoms with Gasteiger partial charge in [-0.05, 0) is 23.8 Å². The van der Waals surface area contributed by atoms with Gasteiger partial charge in [-0.3, -0.25) is 4.79 Å². The molecular formula is C20H16N2O2. The fourth-order valence-electron chi connectivity index (χ4n) is 2.81. The standard InChI is InChI=1S/C20H16N2O2/c23-20-19-17(21-22(20)16-9-5-2-6-10-16)13-14-24-18(19)12-11-15-7-3-1-4-8-15/h1-12H,13-14H2/b12-11+. The summed E-state index contributed by atoms with van der Waals surface area (Å²) in [7, 11) is 0. The first kappa shape index (κ1) is 14.5. The second kappa shape index (κ2) is 6.16. The summed E-state index contributed by atoms with van der Waals surface area (Å²) in [6, 6.07) is 19.4. The number of nitrogens with zero attached hydrogens (tertiary/aromatic N) is 2. The number of amides is 1. The van der Waals surface area contributed by atoms with Crippen LogP contribution in [0.4, 0.5) is 5.69 Å². The van der Waals surface area contributed by atoms with Crippen molar-refractivity contribution in [1.82, 2.24) is 0 Å². The summed E-state index contributed by atoms with van der Waals surface area (Å²) in [5, 5.41) is 5.95. The number of hydrogen-bond donors (Lipinski definition) is 0. The molecule has 0 unspecified atom stereocenters. The molecule has 0 saturated carbocycles. The van der Waals surface area contributed by atoms with Crippen molar-refractivity contribution in [2.45, 2.75) is 6.42 Å². The molecule has 0 bridgehead atoms. The Morgan fingerprint density at radius 1 is 0.958 bits per heavy atom. The average molecular weight is 316 g/mol. The van der Waals surface area contributed by atoms with Crippen LogP contribution < -0.4 is 5.01 Å². The van der Waals surface area contributed by atoms with Crippen LogP contribution in [0.3, 0.4) is 0 Å². The van der Waals surface area contributed by atoms with Gasteiger partial charge in [-0.2, -0.15) is 10.1 Å². The maximum atomic E-state index is 12.8. The van der Waals surface area contributed by atoms with Crippen LogP contribution in [0.25, 0.3) is 6.08 Å². The van der Waals surface area contributed by atoms with Gasteiger partial charge in [-0.25, -0.2) is 0 Å². The number of rotatable bonds is 3. The molecule has 4 heteroatoms. The Labute approximate surface area is 140 Å². The van der Waals surface area contributed by atoms with Gasteiger partial charge in [0.15, 0.2) is 0 Å². The van der Waals surface area contributed by atoms with Crippen molar-refractivity contribution in [2.24, 2.45) is 5.10 Å². The maximum absolute atomic E-state index is 12.8. The average Bonchev–Trinajstić information content (AvgIpc) is 2.99. The second-order valence-corrected chi connectivity index (χ2v) is 5.58. The normalized spacial score (nSPS) is 17.1. The van der Waals surface area contributed by atoms with Gasteiger partial charge >= 0.3 is 0 Å². The molecule has 0 radical (unpaired) electrons. The minimum atomic E-state index is -0.136. The Kier molecular flexibility index (Phi) is 3.71. The van der Waals surface area contributed by atoms with Crippen LogP contribution in [0.2, 0.25) is 0 Å². The Morgan fingerprint density at radius 2 is 1.67 bits per heavy atom. The van der Waals surface area contributed by atoms with Crippen molar-refractivity contribution in [3.8, 4) is 0 Å². The van der Waals surface area contributed by atoms with Crippen molar-refractivity contribution in [3.05, 3.63) is 83.6 Å². The number of para-hydroxylation sites is 1. The van der Waals surface area contributed by atoms with Crippen LogP contribution in [0.15, 0.2) is 83.2 Å². The van der Waals surface area contributed by atoms with E-state index in [2.05, 4.69) is 5.10 Å². The fraction of sp³-hybridized carbons (Fsp3) is 0.100. The zero-order chi connectivity index (χ0) is 16.4. The molecule has 0 fully saturated rings. The minimum absolute atomic E-state index is 0.136. The monoisotopic (exact) mass is 316 g/mol. The molecule has 2 heterocycles. The zero-order valence-corrected chi connectivity index (χ0v) is 13.1. The predicted molar refractivity (Wildman–Crippen MR) is 94.4 cm³/mol. The van der Waals surface area contributed by atoms with Crippen LogP contribution in [-0.2, 0) is 9.53 Å². The lowest BCUT2D eigenvalue weighted by atomic mass is 10.0. The molecule has 0 aromatic heterocycles. The number of benzene rings is 2. The van der Waals surface area contributed by atoms with E-state index in [1.165, 1.54) is 5.01 Å². The summed E-state index contributed by atoms with van der Waals surface area (Å²) in [6.07, 6.45) is 4.45. The van der Waals surface area contributed by atoms with Crippen LogP contribution >= 0.6 is 0 Å². The molecule has 1 amide bonds. The molecule has 4 nitrogen and oxygen atoms in total. The topological polar surface area (TPSA) is 41.9 Å². The first-order chi connectivity index (χ1) is 11.8. The smallest absolute Gasteiger partial charge is 0.284 e. The van der Waals surface area contributed by atoms with Crippen LogP contribution in [0.5, 0.6) is 0 Å². The van der Waals surface area contributed by atoms with Crippen LogP contribution in [0.1, 0.15) is 12.0 Å². The maximum Gasteiger partial charge on any atom is 0.284 e. The highest BCUT2D eigenvalue weighted by molar-refractivity contribution is 6.31. The van der Waals surface area contributed by atoms with Gasteiger partial charge in [-0.15, -0.1) is 0 Å². The molecule has 24 heavy (non-hydrogen) atoms. The molecule has 4 rings (SSSR count). The Hall–Kier alpha value is -3.14. The van der Waals surface area contributed by atoms with Gasteiger partial charge in [-0.1, -0.05) is 54.6 Å². The van der Waals surface area contributed by atoms with Crippen molar-refractivity contribution in [3.63, 3.8) is 0 Å². The summed E-state index contributed by atoms with van der Waals surface area (Å²) in [5.41, 5.74) is 3.19. The van der Waals surface area contributed by atoms with E-state index in [9.17, 15) is 4.79 Å². The number of hydrogen-bond acceptors (Lipinski definition) is 3. The number of carbonyl (C=O) groups is 1. The Morgan fingerprint density at radius 3 is 2.42 bits per heavy atom. The molecule has 0 atom stereocenters. The summed E-state index contributed by atoms with van der Waals surface area (Å²) < 4.78 is 5.73. The third-order valence-corrected chi connectivity index (χ3v) is 3.99. The molecule has 118 valence electrons. The Bertz CT molecular complexity index is 852. The van der Waals surface area contributed by atoms with E-state index >= 15 is 0 Å². The number of hydrazone groups is 1. The first-order valence-electron chi connectivity index (χ1n) is 7.90. The van der Waals surface area contributed by atoms with E-state index in [1.807, 2.05) is 72.8 Å². The molecule has 2 aliphatic rings. The second-order valence-electron chi connectivity index (χ2n) is 5.58. The summed E-state index contributed by atoms with van der Waals surface area (Å²) in [4.78, 5) is 12.8. The number of fused-ring (bicyclic) bond motifs is 1.